The molecular weight excluding hydrogens is 193 g/mol. The molecule has 3 nitrogen and oxygen atoms in total. The lowest BCUT2D eigenvalue weighted by Gasteiger charge is -2.04. The maximum absolute atomic E-state index is 13.5. The lowest BCUT2D eigenvalue weighted by Crippen LogP contribution is -2.01. The third kappa shape index (κ3) is 1.98. The lowest BCUT2D eigenvalue weighted by atomic mass is 10.1. The van der Waals surface area contributed by atoms with Crippen LogP contribution in [0.25, 0.3) is 0 Å². The van der Waals surface area contributed by atoms with Crippen LogP contribution in [0.1, 0.15) is 11.4 Å². The summed E-state index contributed by atoms with van der Waals surface area (Å²) in [4.78, 5) is 4.14. The first-order valence-corrected chi connectivity index (χ1v) is 4.67. The molecule has 0 amide bonds. The van der Waals surface area contributed by atoms with Gasteiger partial charge in [-0.3, -0.25) is 0 Å². The molecule has 0 spiro atoms. The predicted octanol–water partition coefficient (Wildman–Crippen LogP) is 1.73. The Labute approximate surface area is 87.4 Å². The number of nitrogen functional groups attached to an aromatic ring is 1. The van der Waals surface area contributed by atoms with Gasteiger partial charge in [0.2, 0.25) is 0 Å². The number of benzene rings is 1. The average Bonchev–Trinajstić information content (AvgIpc) is 2.57. The molecular formula is C11H12FN3. The van der Waals surface area contributed by atoms with Gasteiger partial charge in [0.15, 0.2) is 0 Å². The Morgan fingerprint density at radius 1 is 1.47 bits per heavy atom. The molecule has 0 saturated heterocycles. The highest BCUT2D eigenvalue weighted by atomic mass is 19.1. The van der Waals surface area contributed by atoms with Crippen molar-refractivity contribution in [2.75, 3.05) is 5.73 Å². The molecule has 0 fully saturated rings. The largest absolute Gasteiger partial charge is 0.399 e. The summed E-state index contributed by atoms with van der Waals surface area (Å²) in [6, 6.07) is 4.72. The van der Waals surface area contributed by atoms with Crippen molar-refractivity contribution in [1.82, 2.24) is 9.55 Å². The zero-order chi connectivity index (χ0) is 10.8. The minimum Gasteiger partial charge on any atom is -0.399 e. The van der Waals surface area contributed by atoms with Crippen molar-refractivity contribution in [3.05, 3.63) is 47.8 Å². The monoisotopic (exact) mass is 205 g/mol. The second-order valence-electron chi connectivity index (χ2n) is 3.48. The van der Waals surface area contributed by atoms with E-state index in [1.807, 2.05) is 17.8 Å². The molecule has 0 saturated carbocycles. The van der Waals surface area contributed by atoms with Gasteiger partial charge in [-0.1, -0.05) is 6.07 Å². The van der Waals surface area contributed by atoms with Crippen LogP contribution in [0.5, 0.6) is 0 Å². The van der Waals surface area contributed by atoms with E-state index in [9.17, 15) is 4.39 Å². The molecule has 2 rings (SSSR count). The minimum absolute atomic E-state index is 0.280. The number of anilines is 1. The van der Waals surface area contributed by atoms with Crippen LogP contribution in [0.3, 0.4) is 0 Å². The highest BCUT2D eigenvalue weighted by Gasteiger charge is 2.06. The number of imidazole rings is 1. The van der Waals surface area contributed by atoms with Gasteiger partial charge in [-0.15, -0.1) is 0 Å². The fourth-order valence-electron chi connectivity index (χ4n) is 1.44. The van der Waals surface area contributed by atoms with Gasteiger partial charge in [0.25, 0.3) is 0 Å². The molecule has 0 aliphatic carbocycles. The van der Waals surface area contributed by atoms with Gasteiger partial charge in [0.05, 0.1) is 0 Å². The maximum Gasteiger partial charge on any atom is 0.128 e. The van der Waals surface area contributed by atoms with Gasteiger partial charge in [-0.05, 0) is 17.7 Å². The Morgan fingerprint density at radius 2 is 2.27 bits per heavy atom. The quantitative estimate of drug-likeness (QED) is 0.759. The van der Waals surface area contributed by atoms with Gasteiger partial charge in [-0.25, -0.2) is 9.37 Å². The van der Waals surface area contributed by atoms with Crippen molar-refractivity contribution in [3.63, 3.8) is 0 Å². The Balaban J connectivity index is 2.29. The summed E-state index contributed by atoms with van der Waals surface area (Å²) in [5.41, 5.74) is 6.52. The van der Waals surface area contributed by atoms with Crippen molar-refractivity contribution >= 4 is 5.69 Å². The van der Waals surface area contributed by atoms with Crippen molar-refractivity contribution in [2.45, 2.75) is 6.42 Å². The van der Waals surface area contributed by atoms with Gasteiger partial charge < -0.3 is 10.3 Å². The molecule has 1 aromatic carbocycles. The van der Waals surface area contributed by atoms with Gasteiger partial charge in [0.1, 0.15) is 11.6 Å². The summed E-state index contributed by atoms with van der Waals surface area (Å²) in [5, 5.41) is 0. The van der Waals surface area contributed by atoms with Crippen molar-refractivity contribution < 1.29 is 4.39 Å². The van der Waals surface area contributed by atoms with Crippen LogP contribution in [0.15, 0.2) is 30.6 Å². The SMILES string of the molecule is Cn1ccnc1Cc1ccc(N)cc1F. The van der Waals surface area contributed by atoms with Crippen LogP contribution in [-0.2, 0) is 13.5 Å². The summed E-state index contributed by atoms with van der Waals surface area (Å²) in [5.74, 6) is 0.552. The number of aromatic nitrogens is 2. The molecule has 2 N–H and O–H groups in total. The number of halogens is 1. The van der Waals surface area contributed by atoms with Crippen LogP contribution in [0, 0.1) is 5.82 Å². The van der Waals surface area contributed by atoms with Crippen LogP contribution in [-0.4, -0.2) is 9.55 Å². The third-order valence-electron chi connectivity index (χ3n) is 2.35. The molecule has 0 atom stereocenters. The van der Waals surface area contributed by atoms with E-state index < -0.39 is 0 Å². The van der Waals surface area contributed by atoms with Gasteiger partial charge in [0, 0.05) is 31.5 Å². The number of hydrogen-bond donors (Lipinski definition) is 1. The number of nitrogens with zero attached hydrogens (tertiary/aromatic N) is 2. The van der Waals surface area contributed by atoms with Crippen LogP contribution in [0.4, 0.5) is 10.1 Å². The summed E-state index contributed by atoms with van der Waals surface area (Å²) in [6.45, 7) is 0. The smallest absolute Gasteiger partial charge is 0.128 e. The second kappa shape index (κ2) is 3.73. The number of rotatable bonds is 2. The fraction of sp³-hybridized carbons (Fsp3) is 0.182. The summed E-state index contributed by atoms with van der Waals surface area (Å²) in [7, 11) is 1.89. The van der Waals surface area contributed by atoms with E-state index in [2.05, 4.69) is 4.98 Å². The average molecular weight is 205 g/mol. The number of hydrogen-bond acceptors (Lipinski definition) is 2. The van der Waals surface area contributed by atoms with Gasteiger partial charge >= 0.3 is 0 Å². The molecule has 1 aromatic heterocycles. The molecule has 2 aromatic rings. The number of nitrogens with two attached hydrogens (primary N) is 1. The van der Waals surface area contributed by atoms with E-state index in [0.29, 0.717) is 17.7 Å². The van der Waals surface area contributed by atoms with Crippen LogP contribution < -0.4 is 5.73 Å². The number of aryl methyl sites for hydroxylation is 1. The first-order valence-electron chi connectivity index (χ1n) is 4.67. The Kier molecular flexibility index (Phi) is 2.41. The summed E-state index contributed by atoms with van der Waals surface area (Å²) in [6.07, 6.45) is 4.02. The Morgan fingerprint density at radius 3 is 2.87 bits per heavy atom. The van der Waals surface area contributed by atoms with Crippen molar-refractivity contribution in [2.24, 2.45) is 7.05 Å². The minimum atomic E-state index is -0.280. The van der Waals surface area contributed by atoms with E-state index in [4.69, 9.17) is 5.73 Å². The zero-order valence-corrected chi connectivity index (χ0v) is 8.44. The standard InChI is InChI=1S/C11H12FN3/c1-15-5-4-14-11(15)6-8-2-3-9(13)7-10(8)12/h2-5,7H,6,13H2,1H3. The Hall–Kier alpha value is -1.84. The molecule has 0 unspecified atom stereocenters. The predicted molar refractivity (Wildman–Crippen MR) is 56.8 cm³/mol. The third-order valence-corrected chi connectivity index (χ3v) is 2.35. The molecule has 0 aliphatic heterocycles. The molecule has 1 heterocycles. The first kappa shape index (κ1) is 9.71. The van der Waals surface area contributed by atoms with E-state index in [1.54, 1.807) is 18.3 Å². The highest BCUT2D eigenvalue weighted by Crippen LogP contribution is 2.14. The normalized spacial score (nSPS) is 10.5. The van der Waals surface area contributed by atoms with Crippen LogP contribution in [0.2, 0.25) is 0 Å². The molecule has 4 heteroatoms. The van der Waals surface area contributed by atoms with E-state index >= 15 is 0 Å². The molecule has 0 aliphatic rings. The van der Waals surface area contributed by atoms with E-state index in [-0.39, 0.29) is 5.82 Å². The molecule has 0 bridgehead atoms. The lowest BCUT2D eigenvalue weighted by molar-refractivity contribution is 0.611. The van der Waals surface area contributed by atoms with Crippen molar-refractivity contribution in [1.29, 1.82) is 0 Å². The topological polar surface area (TPSA) is 43.8 Å². The van der Waals surface area contributed by atoms with E-state index in [0.717, 1.165) is 5.82 Å². The van der Waals surface area contributed by atoms with Crippen LogP contribution >= 0.6 is 0 Å². The molecule has 78 valence electrons. The maximum atomic E-state index is 13.5. The Bertz CT molecular complexity index is 476. The first-order chi connectivity index (χ1) is 7.16. The molecule has 0 radical (unpaired) electrons. The van der Waals surface area contributed by atoms with Gasteiger partial charge in [-0.2, -0.15) is 0 Å². The fourth-order valence-corrected chi connectivity index (χ4v) is 1.44. The zero-order valence-electron chi connectivity index (χ0n) is 8.44. The summed E-state index contributed by atoms with van der Waals surface area (Å²) >= 11 is 0. The highest BCUT2D eigenvalue weighted by molar-refractivity contribution is 5.41. The summed E-state index contributed by atoms with van der Waals surface area (Å²) < 4.78 is 15.3. The molecule has 15 heavy (non-hydrogen) atoms. The second-order valence-corrected chi connectivity index (χ2v) is 3.48. The van der Waals surface area contributed by atoms with E-state index in [1.165, 1.54) is 6.07 Å². The van der Waals surface area contributed by atoms with Crippen molar-refractivity contribution in [3.8, 4) is 0 Å².